The molecule has 2 N–H and O–H groups in total. The van der Waals surface area contributed by atoms with Crippen molar-refractivity contribution in [3.8, 4) is 0 Å². The fourth-order valence-corrected chi connectivity index (χ4v) is 9.76. The third-order valence-electron chi connectivity index (χ3n) is 12.6. The molecular weight excluding hydrogens is 844 g/mol. The normalized spacial score (nSPS) is 27.9. The van der Waals surface area contributed by atoms with Crippen LogP contribution in [0.3, 0.4) is 0 Å². The van der Waals surface area contributed by atoms with E-state index in [-0.39, 0.29) is 32.4 Å². The number of hydrogen-bond acceptors (Lipinski definition) is 13. The summed E-state index contributed by atoms with van der Waals surface area (Å²) in [7, 11) is 0. The molecule has 1 aromatic carbocycles. The molecule has 1 aliphatic carbocycles. The van der Waals surface area contributed by atoms with E-state index in [0.717, 1.165) is 44.6 Å². The Labute approximate surface area is 372 Å². The Morgan fingerprint density at radius 3 is 2.39 bits per heavy atom. The van der Waals surface area contributed by atoms with Crippen molar-refractivity contribution in [3.63, 3.8) is 0 Å². The van der Waals surface area contributed by atoms with Gasteiger partial charge in [-0.25, -0.2) is 4.79 Å². The summed E-state index contributed by atoms with van der Waals surface area (Å²) in [6.45, 7) is 7.45. The molecule has 18 heteroatoms. The first kappa shape index (κ1) is 49.3. The quantitative estimate of drug-likeness (QED) is 0.0691. The number of hydrogen-bond donors (Lipinski definition) is 2. The first-order valence-corrected chi connectivity index (χ1v) is 22.8. The van der Waals surface area contributed by atoms with E-state index in [4.69, 9.17) is 23.8 Å². The summed E-state index contributed by atoms with van der Waals surface area (Å²) in [6, 6.07) is 3.69. The molecule has 8 atom stereocenters. The maximum atomic E-state index is 15.5. The van der Waals surface area contributed by atoms with Crippen molar-refractivity contribution < 1.29 is 70.8 Å². The number of likely N-dealkylation sites (tertiary alicyclic amines) is 1. The van der Waals surface area contributed by atoms with E-state index in [1.807, 2.05) is 0 Å². The zero-order valence-corrected chi connectivity index (χ0v) is 37.5. The molecule has 64 heavy (non-hydrogen) atoms. The number of nitrogens with zero attached hydrogens (tertiary/aromatic N) is 2. The summed E-state index contributed by atoms with van der Waals surface area (Å²) in [4.78, 5) is 76.8. The van der Waals surface area contributed by atoms with Gasteiger partial charge in [0.1, 0.15) is 41.5 Å². The molecule has 0 aromatic heterocycles. The number of alkyl halides is 3. The highest BCUT2D eigenvalue weighted by atomic mass is 19.4. The van der Waals surface area contributed by atoms with Crippen molar-refractivity contribution >= 4 is 35.8 Å². The van der Waals surface area contributed by atoms with Crippen LogP contribution >= 0.6 is 0 Å². The molecule has 1 aromatic rings. The lowest BCUT2D eigenvalue weighted by Gasteiger charge is -2.50. The van der Waals surface area contributed by atoms with Gasteiger partial charge in [-0.15, -0.1) is 0 Å². The van der Waals surface area contributed by atoms with Crippen LogP contribution < -0.4 is 5.32 Å². The van der Waals surface area contributed by atoms with Gasteiger partial charge < -0.3 is 39.0 Å². The number of aliphatic hydroxyl groups excluding tert-OH is 1. The fourth-order valence-electron chi connectivity index (χ4n) is 9.76. The largest absolute Gasteiger partial charge is 0.460 e. The number of benzene rings is 1. The van der Waals surface area contributed by atoms with Crippen molar-refractivity contribution in [2.45, 2.75) is 185 Å². The van der Waals surface area contributed by atoms with Gasteiger partial charge in [-0.1, -0.05) is 63.8 Å². The molecule has 5 aliphatic rings. The summed E-state index contributed by atoms with van der Waals surface area (Å²) in [5.41, 5.74) is -1.25. The summed E-state index contributed by atoms with van der Waals surface area (Å²) < 4.78 is 67.5. The maximum Gasteiger partial charge on any atom is 0.422 e. The fraction of sp³-hybridized carbons (Fsp3) is 0.717. The lowest BCUT2D eigenvalue weighted by Crippen LogP contribution is -2.70. The van der Waals surface area contributed by atoms with Crippen molar-refractivity contribution in [1.29, 1.82) is 0 Å². The predicted molar refractivity (Wildman–Crippen MR) is 223 cm³/mol. The molecule has 15 nitrogen and oxygen atoms in total. The van der Waals surface area contributed by atoms with Crippen LogP contribution in [0.1, 0.15) is 129 Å². The van der Waals surface area contributed by atoms with Crippen LogP contribution in [0.5, 0.6) is 0 Å². The number of nitrogens with one attached hydrogen (secondary N) is 1. The van der Waals surface area contributed by atoms with E-state index in [1.54, 1.807) is 45.0 Å². The number of carbonyl (C=O) groups excluding carboxylic acids is 5. The Hall–Kier alpha value is -4.10. The van der Waals surface area contributed by atoms with Crippen LogP contribution in [0.25, 0.3) is 6.08 Å². The molecule has 6 rings (SSSR count). The molecular formula is C46H64F3N3O12. The van der Waals surface area contributed by atoms with Crippen LogP contribution in [-0.2, 0) is 59.0 Å². The Kier molecular flexibility index (Phi) is 15.9. The lowest BCUT2D eigenvalue weighted by atomic mass is 9.62. The van der Waals surface area contributed by atoms with Gasteiger partial charge in [0, 0.05) is 38.3 Å². The van der Waals surface area contributed by atoms with Crippen molar-refractivity contribution in [3.05, 3.63) is 41.5 Å². The highest BCUT2D eigenvalue weighted by molar-refractivity contribution is 5.96. The number of amides is 2. The van der Waals surface area contributed by atoms with E-state index in [0.29, 0.717) is 36.8 Å². The Balaban J connectivity index is 1.30. The second-order valence-electron chi connectivity index (χ2n) is 18.7. The number of rotatable bonds is 20. The Bertz CT molecular complexity index is 1860. The molecule has 0 radical (unpaired) electrons. The molecule has 0 spiro atoms. The molecule has 4 heterocycles. The maximum absolute atomic E-state index is 15.5. The minimum atomic E-state index is -4.67. The van der Waals surface area contributed by atoms with Crippen LogP contribution in [-0.4, -0.2) is 125 Å². The third kappa shape index (κ3) is 11.5. The van der Waals surface area contributed by atoms with Crippen LogP contribution in [0.15, 0.2) is 30.3 Å². The Morgan fingerprint density at radius 2 is 1.73 bits per heavy atom. The van der Waals surface area contributed by atoms with Gasteiger partial charge in [0.25, 0.3) is 0 Å². The number of fused-ring (bicyclic) bond motifs is 4. The standard InChI is InChI=1S/C46H64F3N3O12/c1-6-8-10-21-44(22-11-9-7-2)62-36-33-25-45(42(58)51-23-13-16-32(51)40(56)50-31(27-53)18-20-35(55)61-43(3,4)5)38(41(57)60-33)52(64-39(45)37(36)63-44)26-30-15-12-14-29(24-30)17-19-34(54)59-28-46(47,48)49/h12,14-15,17,19,24,31-33,36-39,53H,6-11,13,16,18,20-23,25-28H2,1-5H3,(H,50,56)/t31-,32+,33+,36-,37-,38-,39+,45-/m0/s1. The number of unbranched alkanes of at least 4 members (excludes halogenated alkanes) is 4. The zero-order valence-electron chi connectivity index (χ0n) is 37.5. The van der Waals surface area contributed by atoms with Gasteiger partial charge in [0.2, 0.25) is 11.8 Å². The first-order chi connectivity index (χ1) is 30.3. The summed E-state index contributed by atoms with van der Waals surface area (Å²) in [6.07, 6.45) is 1.68. The number of carbonyl (C=O) groups is 5. The van der Waals surface area contributed by atoms with Crippen LogP contribution in [0.2, 0.25) is 0 Å². The van der Waals surface area contributed by atoms with Crippen LogP contribution in [0, 0.1) is 5.41 Å². The minimum Gasteiger partial charge on any atom is -0.460 e. The SMILES string of the molecule is CCCCCC1(CCCCC)O[C@@H]2[C@H](O1)[C@H]1ON(Cc3cccc(C=CC(=O)OCC(F)(F)F)c3)[C@H]3C(=O)O[C@@H]2C[C@@]13C(=O)N1CCC[C@@H]1C(=O)N[C@H](CO)CCC(=O)OC(C)(C)C. The van der Waals surface area contributed by atoms with E-state index in [1.165, 1.54) is 16.0 Å². The van der Waals surface area contributed by atoms with E-state index < -0.39 is 108 Å². The highest BCUT2D eigenvalue weighted by Crippen LogP contribution is 2.59. The zero-order chi connectivity index (χ0) is 46.5. The molecule has 4 aliphatic heterocycles. The van der Waals surface area contributed by atoms with Gasteiger partial charge in [-0.2, -0.15) is 18.2 Å². The number of halogens is 3. The van der Waals surface area contributed by atoms with Gasteiger partial charge >= 0.3 is 24.1 Å². The number of esters is 3. The molecule has 2 amide bonds. The summed E-state index contributed by atoms with van der Waals surface area (Å²) >= 11 is 0. The lowest BCUT2D eigenvalue weighted by molar-refractivity contribution is -0.225. The molecule has 356 valence electrons. The van der Waals surface area contributed by atoms with Crippen molar-refractivity contribution in [2.75, 3.05) is 19.8 Å². The van der Waals surface area contributed by atoms with Gasteiger partial charge in [-0.3, -0.25) is 24.0 Å². The van der Waals surface area contributed by atoms with Gasteiger partial charge in [0.15, 0.2) is 18.4 Å². The van der Waals surface area contributed by atoms with Gasteiger partial charge in [0.05, 0.1) is 19.2 Å². The minimum absolute atomic E-state index is 0.0384. The molecule has 2 bridgehead atoms. The second kappa shape index (κ2) is 20.6. The number of aliphatic hydroxyl groups is 1. The number of hydroxylamine groups is 2. The molecule has 5 fully saturated rings. The average molecular weight is 908 g/mol. The first-order valence-electron chi connectivity index (χ1n) is 22.8. The van der Waals surface area contributed by atoms with E-state index in [9.17, 15) is 37.5 Å². The average Bonchev–Trinajstić information content (AvgIpc) is 3.96. The Morgan fingerprint density at radius 1 is 1.03 bits per heavy atom. The van der Waals surface area contributed by atoms with E-state index in [2.05, 4.69) is 23.9 Å². The topological polar surface area (TPSA) is 179 Å². The molecule has 0 unspecified atom stereocenters. The smallest absolute Gasteiger partial charge is 0.422 e. The predicted octanol–water partition coefficient (Wildman–Crippen LogP) is 5.84. The third-order valence-corrected chi connectivity index (χ3v) is 12.6. The van der Waals surface area contributed by atoms with Crippen molar-refractivity contribution in [1.82, 2.24) is 15.3 Å². The summed E-state index contributed by atoms with van der Waals surface area (Å²) in [5.74, 6) is -4.32. The van der Waals surface area contributed by atoms with Crippen LogP contribution in [0.4, 0.5) is 13.2 Å². The molecule has 1 saturated carbocycles. The van der Waals surface area contributed by atoms with E-state index >= 15 is 4.79 Å². The van der Waals surface area contributed by atoms with Gasteiger partial charge in [-0.05, 0) is 70.1 Å². The summed E-state index contributed by atoms with van der Waals surface area (Å²) in [5, 5.41) is 14.4. The monoisotopic (exact) mass is 907 g/mol. The second-order valence-corrected chi connectivity index (χ2v) is 18.7. The molecule has 4 saturated heterocycles. The highest BCUT2D eigenvalue weighted by Gasteiger charge is 2.77. The van der Waals surface area contributed by atoms with Crippen molar-refractivity contribution in [2.24, 2.45) is 5.41 Å². The number of ether oxygens (including phenoxy) is 5.